The standard InChI is InChI=1S/C34H70/c1-5-9-13-14-15-16-17-18-19-20-21-22-23-24-25-26-27-28-29-33-34(30-10-6-2,31-11-7-3)32-12-8-4/h5-33H2,1-4H3. The maximum Gasteiger partial charge on any atom is -0.0297 e. The summed E-state index contributed by atoms with van der Waals surface area (Å²) < 4.78 is 0. The molecule has 0 aromatic heterocycles. The molecule has 0 aliphatic heterocycles. The van der Waals surface area contributed by atoms with Gasteiger partial charge in [-0.05, 0) is 31.1 Å². The molecule has 0 heteroatoms. The van der Waals surface area contributed by atoms with Crippen molar-refractivity contribution in [2.75, 3.05) is 0 Å². The Morgan fingerprint density at radius 3 is 0.706 bits per heavy atom. The summed E-state index contributed by atoms with van der Waals surface area (Å²) in [4.78, 5) is 0. The van der Waals surface area contributed by atoms with Crippen LogP contribution in [-0.2, 0) is 0 Å². The number of hydrogen-bond acceptors (Lipinski definition) is 0. The molecular weight excluding hydrogens is 408 g/mol. The number of rotatable bonds is 29. The molecule has 0 rings (SSSR count). The first-order chi connectivity index (χ1) is 16.7. The Morgan fingerprint density at radius 1 is 0.235 bits per heavy atom. The van der Waals surface area contributed by atoms with Gasteiger partial charge >= 0.3 is 0 Å². The van der Waals surface area contributed by atoms with Gasteiger partial charge in [0.25, 0.3) is 0 Å². The molecule has 34 heavy (non-hydrogen) atoms. The molecule has 0 aliphatic rings. The van der Waals surface area contributed by atoms with E-state index in [1.807, 2.05) is 0 Å². The second-order valence-corrected chi connectivity index (χ2v) is 11.9. The van der Waals surface area contributed by atoms with Crippen LogP contribution < -0.4 is 0 Å². The summed E-state index contributed by atoms with van der Waals surface area (Å²) in [6.45, 7) is 9.44. The van der Waals surface area contributed by atoms with Gasteiger partial charge in [0.15, 0.2) is 0 Å². The van der Waals surface area contributed by atoms with Crippen molar-refractivity contribution in [1.82, 2.24) is 0 Å². The van der Waals surface area contributed by atoms with Crippen LogP contribution in [0.15, 0.2) is 0 Å². The Morgan fingerprint density at radius 2 is 0.441 bits per heavy atom. The monoisotopic (exact) mass is 479 g/mol. The molecule has 0 saturated carbocycles. The Bertz CT molecular complexity index is 335. The highest BCUT2D eigenvalue weighted by atomic mass is 14.3. The third kappa shape index (κ3) is 22.5. The van der Waals surface area contributed by atoms with Crippen LogP contribution in [0.1, 0.15) is 214 Å². The Labute approximate surface area is 219 Å². The highest BCUT2D eigenvalue weighted by Gasteiger charge is 2.27. The molecule has 0 fully saturated rings. The molecule has 0 bridgehead atoms. The molecular formula is C34H70. The van der Waals surface area contributed by atoms with Crippen LogP contribution >= 0.6 is 0 Å². The van der Waals surface area contributed by atoms with Gasteiger partial charge in [-0.2, -0.15) is 0 Å². The van der Waals surface area contributed by atoms with Gasteiger partial charge in [-0.1, -0.05) is 188 Å². The molecule has 0 amide bonds. The van der Waals surface area contributed by atoms with Crippen LogP contribution in [0.25, 0.3) is 0 Å². The van der Waals surface area contributed by atoms with Crippen molar-refractivity contribution in [3.8, 4) is 0 Å². The van der Waals surface area contributed by atoms with E-state index < -0.39 is 0 Å². The lowest BCUT2D eigenvalue weighted by Crippen LogP contribution is -2.21. The van der Waals surface area contributed by atoms with E-state index in [2.05, 4.69) is 27.7 Å². The molecule has 0 unspecified atom stereocenters. The molecule has 0 saturated heterocycles. The quantitative estimate of drug-likeness (QED) is 0.0937. The zero-order valence-corrected chi connectivity index (χ0v) is 25.0. The minimum Gasteiger partial charge on any atom is -0.0654 e. The number of hydrogen-bond donors (Lipinski definition) is 0. The third-order valence-corrected chi connectivity index (χ3v) is 8.49. The average molecular weight is 479 g/mol. The van der Waals surface area contributed by atoms with E-state index in [1.165, 1.54) is 186 Å². The smallest absolute Gasteiger partial charge is 0.0297 e. The highest BCUT2D eigenvalue weighted by molar-refractivity contribution is 4.79. The second-order valence-electron chi connectivity index (χ2n) is 11.9. The predicted molar refractivity (Wildman–Crippen MR) is 159 cm³/mol. The molecule has 0 radical (unpaired) electrons. The summed E-state index contributed by atoms with van der Waals surface area (Å²) in [6, 6.07) is 0. The summed E-state index contributed by atoms with van der Waals surface area (Å²) >= 11 is 0. The van der Waals surface area contributed by atoms with E-state index in [1.54, 1.807) is 0 Å². The van der Waals surface area contributed by atoms with Crippen LogP contribution in [0.2, 0.25) is 0 Å². The van der Waals surface area contributed by atoms with Crippen molar-refractivity contribution in [2.45, 2.75) is 214 Å². The van der Waals surface area contributed by atoms with Crippen LogP contribution in [0, 0.1) is 5.41 Å². The van der Waals surface area contributed by atoms with Crippen LogP contribution in [0.5, 0.6) is 0 Å². The molecule has 0 aromatic rings. The Balaban J connectivity index is 3.60. The zero-order chi connectivity index (χ0) is 25.0. The van der Waals surface area contributed by atoms with E-state index in [4.69, 9.17) is 0 Å². The van der Waals surface area contributed by atoms with Crippen molar-refractivity contribution in [1.29, 1.82) is 0 Å². The maximum absolute atomic E-state index is 2.38. The van der Waals surface area contributed by atoms with E-state index >= 15 is 0 Å². The molecule has 0 nitrogen and oxygen atoms in total. The van der Waals surface area contributed by atoms with Crippen molar-refractivity contribution in [3.63, 3.8) is 0 Å². The second kappa shape index (κ2) is 27.6. The molecule has 0 spiro atoms. The first-order valence-corrected chi connectivity index (χ1v) is 16.7. The van der Waals surface area contributed by atoms with Crippen LogP contribution in [0.3, 0.4) is 0 Å². The summed E-state index contributed by atoms with van der Waals surface area (Å²) in [5.74, 6) is 0. The molecule has 206 valence electrons. The fourth-order valence-corrected chi connectivity index (χ4v) is 5.98. The summed E-state index contributed by atoms with van der Waals surface area (Å²) in [5.41, 5.74) is 0.691. The lowest BCUT2D eigenvalue weighted by atomic mass is 9.71. The maximum atomic E-state index is 2.38. The van der Waals surface area contributed by atoms with Crippen molar-refractivity contribution < 1.29 is 0 Å². The van der Waals surface area contributed by atoms with E-state index in [0.717, 1.165) is 0 Å². The lowest BCUT2D eigenvalue weighted by molar-refractivity contribution is 0.175. The SMILES string of the molecule is CCCCCCCCCCCCCCCCCCCCCC(CCCC)(CCCC)CCCC. The first kappa shape index (κ1) is 34.0. The molecule has 0 aromatic carbocycles. The van der Waals surface area contributed by atoms with Gasteiger partial charge in [0, 0.05) is 0 Å². The fraction of sp³-hybridized carbons (Fsp3) is 1.00. The summed E-state index contributed by atoms with van der Waals surface area (Å²) in [6.07, 6.45) is 42.6. The van der Waals surface area contributed by atoms with Gasteiger partial charge in [-0.25, -0.2) is 0 Å². The zero-order valence-electron chi connectivity index (χ0n) is 25.0. The topological polar surface area (TPSA) is 0 Å². The van der Waals surface area contributed by atoms with Gasteiger partial charge in [-0.15, -0.1) is 0 Å². The Hall–Kier alpha value is 0. The third-order valence-electron chi connectivity index (χ3n) is 8.49. The van der Waals surface area contributed by atoms with Crippen LogP contribution in [0.4, 0.5) is 0 Å². The molecule has 0 N–H and O–H groups in total. The minimum atomic E-state index is 0.691. The predicted octanol–water partition coefficient (Wildman–Crippen LogP) is 13.4. The van der Waals surface area contributed by atoms with Gasteiger partial charge in [0.1, 0.15) is 0 Å². The van der Waals surface area contributed by atoms with Crippen molar-refractivity contribution in [2.24, 2.45) is 5.41 Å². The Kier molecular flexibility index (Phi) is 27.6. The molecule has 0 atom stereocenters. The van der Waals surface area contributed by atoms with Gasteiger partial charge in [-0.3, -0.25) is 0 Å². The average Bonchev–Trinajstić information content (AvgIpc) is 2.86. The van der Waals surface area contributed by atoms with Gasteiger partial charge < -0.3 is 0 Å². The van der Waals surface area contributed by atoms with Crippen molar-refractivity contribution in [3.05, 3.63) is 0 Å². The van der Waals surface area contributed by atoms with E-state index in [9.17, 15) is 0 Å². The van der Waals surface area contributed by atoms with Gasteiger partial charge in [0.05, 0.1) is 0 Å². The van der Waals surface area contributed by atoms with Crippen molar-refractivity contribution >= 4 is 0 Å². The van der Waals surface area contributed by atoms with Gasteiger partial charge in [0.2, 0.25) is 0 Å². The van der Waals surface area contributed by atoms with E-state index in [-0.39, 0.29) is 0 Å². The summed E-state index contributed by atoms with van der Waals surface area (Å²) in [5, 5.41) is 0. The first-order valence-electron chi connectivity index (χ1n) is 16.7. The summed E-state index contributed by atoms with van der Waals surface area (Å²) in [7, 11) is 0. The highest BCUT2D eigenvalue weighted by Crippen LogP contribution is 2.41. The fourth-order valence-electron chi connectivity index (χ4n) is 5.98. The largest absolute Gasteiger partial charge is 0.0654 e. The minimum absolute atomic E-state index is 0.691. The lowest BCUT2D eigenvalue weighted by Gasteiger charge is -2.35. The normalized spacial score (nSPS) is 12.0. The number of unbranched alkanes of at least 4 members (excludes halogenated alkanes) is 21. The molecule has 0 heterocycles. The molecule has 0 aliphatic carbocycles. The van der Waals surface area contributed by atoms with Crippen LogP contribution in [-0.4, -0.2) is 0 Å². The van der Waals surface area contributed by atoms with E-state index in [0.29, 0.717) is 5.41 Å².